The Bertz CT molecular complexity index is 643. The van der Waals surface area contributed by atoms with Crippen LogP contribution in [-0.4, -0.2) is 10.9 Å². The number of benzene rings is 1. The van der Waals surface area contributed by atoms with Crippen LogP contribution in [0.4, 0.5) is 5.69 Å². The van der Waals surface area contributed by atoms with Gasteiger partial charge in [0, 0.05) is 11.8 Å². The van der Waals surface area contributed by atoms with Crippen LogP contribution in [0.25, 0.3) is 0 Å². The monoisotopic (exact) mass is 335 g/mol. The predicted molar refractivity (Wildman–Crippen MR) is 80.9 cm³/mol. The SMILES string of the molecule is Cc1cc(C(N)=O)cc(C)c1Oc1c(N)cncc1Br. The van der Waals surface area contributed by atoms with Gasteiger partial charge in [-0.3, -0.25) is 9.78 Å². The highest BCUT2D eigenvalue weighted by molar-refractivity contribution is 9.10. The van der Waals surface area contributed by atoms with Gasteiger partial charge in [-0.05, 0) is 53.0 Å². The highest BCUT2D eigenvalue weighted by Crippen LogP contribution is 2.37. The molecule has 2 aromatic rings. The number of halogens is 1. The minimum absolute atomic E-state index is 0.428. The van der Waals surface area contributed by atoms with Crippen molar-refractivity contribution in [1.82, 2.24) is 4.98 Å². The lowest BCUT2D eigenvalue weighted by atomic mass is 10.1. The van der Waals surface area contributed by atoms with Crippen LogP contribution in [0.1, 0.15) is 21.5 Å². The van der Waals surface area contributed by atoms with E-state index in [9.17, 15) is 4.79 Å². The van der Waals surface area contributed by atoms with Gasteiger partial charge in [0.1, 0.15) is 5.75 Å². The number of primary amides is 1. The van der Waals surface area contributed by atoms with Gasteiger partial charge in [-0.2, -0.15) is 0 Å². The molecule has 0 aliphatic carbocycles. The number of amides is 1. The number of nitrogens with two attached hydrogens (primary N) is 2. The third-order valence-corrected chi connectivity index (χ3v) is 3.39. The molecule has 0 saturated heterocycles. The van der Waals surface area contributed by atoms with Crippen LogP contribution in [-0.2, 0) is 0 Å². The van der Waals surface area contributed by atoms with Crippen molar-refractivity contribution in [2.45, 2.75) is 13.8 Å². The molecule has 0 radical (unpaired) electrons. The second-order valence-electron chi connectivity index (χ2n) is 4.45. The summed E-state index contributed by atoms with van der Waals surface area (Å²) in [6.07, 6.45) is 3.12. The van der Waals surface area contributed by atoms with E-state index in [1.54, 1.807) is 18.3 Å². The largest absolute Gasteiger partial charge is 0.453 e. The maximum atomic E-state index is 11.2. The molecule has 0 aliphatic rings. The van der Waals surface area contributed by atoms with Gasteiger partial charge in [-0.1, -0.05) is 0 Å². The minimum atomic E-state index is -0.465. The van der Waals surface area contributed by atoms with Crippen molar-refractivity contribution >= 4 is 27.5 Å². The summed E-state index contributed by atoms with van der Waals surface area (Å²) in [7, 11) is 0. The normalized spacial score (nSPS) is 10.3. The highest BCUT2D eigenvalue weighted by Gasteiger charge is 2.13. The number of aromatic nitrogens is 1. The molecule has 0 aliphatic heterocycles. The molecule has 1 amide bonds. The first-order valence-electron chi connectivity index (χ1n) is 5.88. The number of pyridine rings is 1. The molecular formula is C14H14BrN3O2. The molecule has 2 rings (SSSR count). The summed E-state index contributed by atoms with van der Waals surface area (Å²) in [5.41, 5.74) is 13.6. The molecule has 0 fully saturated rings. The summed E-state index contributed by atoms with van der Waals surface area (Å²) >= 11 is 3.35. The van der Waals surface area contributed by atoms with Crippen LogP contribution in [0.3, 0.4) is 0 Å². The molecule has 0 unspecified atom stereocenters. The third kappa shape index (κ3) is 2.75. The summed E-state index contributed by atoms with van der Waals surface area (Å²) in [4.78, 5) is 15.2. The Kier molecular flexibility index (Phi) is 3.94. The summed E-state index contributed by atoms with van der Waals surface area (Å²) < 4.78 is 6.53. The van der Waals surface area contributed by atoms with Crippen LogP contribution in [0.5, 0.6) is 11.5 Å². The Hall–Kier alpha value is -2.08. The molecule has 104 valence electrons. The summed E-state index contributed by atoms with van der Waals surface area (Å²) in [6.45, 7) is 3.69. The topological polar surface area (TPSA) is 91.2 Å². The summed E-state index contributed by atoms with van der Waals surface area (Å²) in [5, 5.41) is 0. The zero-order valence-corrected chi connectivity index (χ0v) is 12.7. The number of hydrogen-bond acceptors (Lipinski definition) is 4. The van der Waals surface area contributed by atoms with Crippen molar-refractivity contribution < 1.29 is 9.53 Å². The van der Waals surface area contributed by atoms with Gasteiger partial charge >= 0.3 is 0 Å². The van der Waals surface area contributed by atoms with E-state index >= 15 is 0 Å². The molecule has 5 nitrogen and oxygen atoms in total. The van der Waals surface area contributed by atoms with Gasteiger partial charge in [0.15, 0.2) is 5.75 Å². The lowest BCUT2D eigenvalue weighted by Gasteiger charge is -2.15. The van der Waals surface area contributed by atoms with E-state index in [1.807, 2.05) is 13.8 Å². The Morgan fingerprint density at radius 3 is 2.30 bits per heavy atom. The molecule has 0 atom stereocenters. The second-order valence-corrected chi connectivity index (χ2v) is 5.30. The minimum Gasteiger partial charge on any atom is -0.453 e. The van der Waals surface area contributed by atoms with Crippen LogP contribution in [0.15, 0.2) is 29.0 Å². The summed E-state index contributed by atoms with van der Waals surface area (Å²) in [6, 6.07) is 3.38. The van der Waals surface area contributed by atoms with Gasteiger partial charge in [0.2, 0.25) is 5.91 Å². The summed E-state index contributed by atoms with van der Waals surface area (Å²) in [5.74, 6) is 0.680. The Labute approximate surface area is 125 Å². The number of anilines is 1. The standard InChI is InChI=1S/C14H14BrN3O2/c1-7-3-9(14(17)19)4-8(2)12(7)20-13-10(15)5-18-6-11(13)16/h3-6H,16H2,1-2H3,(H2,17,19). The first kappa shape index (κ1) is 14.3. The predicted octanol–water partition coefficient (Wildman–Crippen LogP) is 2.93. The third-order valence-electron chi connectivity index (χ3n) is 2.83. The molecule has 0 saturated carbocycles. The van der Waals surface area contributed by atoms with E-state index in [4.69, 9.17) is 16.2 Å². The highest BCUT2D eigenvalue weighted by atomic mass is 79.9. The van der Waals surface area contributed by atoms with Crippen LogP contribution >= 0.6 is 15.9 Å². The van der Waals surface area contributed by atoms with Crippen molar-refractivity contribution in [2.75, 3.05) is 5.73 Å². The fourth-order valence-electron chi connectivity index (χ4n) is 1.90. The lowest BCUT2D eigenvalue weighted by molar-refractivity contribution is 0.1000. The average Bonchev–Trinajstić information content (AvgIpc) is 2.36. The molecular weight excluding hydrogens is 322 g/mol. The fraction of sp³-hybridized carbons (Fsp3) is 0.143. The van der Waals surface area contributed by atoms with E-state index in [2.05, 4.69) is 20.9 Å². The number of carbonyl (C=O) groups excluding carboxylic acids is 1. The van der Waals surface area contributed by atoms with E-state index in [-0.39, 0.29) is 0 Å². The van der Waals surface area contributed by atoms with Gasteiger partial charge < -0.3 is 16.2 Å². The number of hydrogen-bond donors (Lipinski definition) is 2. The Morgan fingerprint density at radius 2 is 1.80 bits per heavy atom. The van der Waals surface area contributed by atoms with Crippen LogP contribution < -0.4 is 16.2 Å². The maximum absolute atomic E-state index is 11.2. The van der Waals surface area contributed by atoms with Crippen molar-refractivity contribution in [2.24, 2.45) is 5.73 Å². The zero-order valence-electron chi connectivity index (χ0n) is 11.1. The number of carbonyl (C=O) groups is 1. The van der Waals surface area contributed by atoms with Crippen LogP contribution in [0, 0.1) is 13.8 Å². The Balaban J connectivity index is 2.47. The average molecular weight is 336 g/mol. The van der Waals surface area contributed by atoms with E-state index < -0.39 is 5.91 Å². The lowest BCUT2D eigenvalue weighted by Crippen LogP contribution is -2.11. The fourth-order valence-corrected chi connectivity index (χ4v) is 2.33. The molecule has 0 spiro atoms. The number of ether oxygens (including phenoxy) is 1. The Morgan fingerprint density at radius 1 is 1.20 bits per heavy atom. The number of nitrogen functional groups attached to an aromatic ring is 1. The van der Waals surface area contributed by atoms with Gasteiger partial charge in [0.05, 0.1) is 16.4 Å². The molecule has 20 heavy (non-hydrogen) atoms. The van der Waals surface area contributed by atoms with E-state index in [1.165, 1.54) is 6.20 Å². The number of aryl methyl sites for hydroxylation is 2. The quantitative estimate of drug-likeness (QED) is 0.901. The van der Waals surface area contributed by atoms with E-state index in [0.717, 1.165) is 11.1 Å². The van der Waals surface area contributed by atoms with Crippen molar-refractivity contribution in [1.29, 1.82) is 0 Å². The second kappa shape index (κ2) is 5.50. The van der Waals surface area contributed by atoms with Gasteiger partial charge in [-0.25, -0.2) is 0 Å². The van der Waals surface area contributed by atoms with Gasteiger partial charge in [0.25, 0.3) is 0 Å². The zero-order chi connectivity index (χ0) is 14.9. The van der Waals surface area contributed by atoms with Crippen molar-refractivity contribution in [3.63, 3.8) is 0 Å². The smallest absolute Gasteiger partial charge is 0.248 e. The molecule has 6 heteroatoms. The molecule has 0 bridgehead atoms. The molecule has 4 N–H and O–H groups in total. The van der Waals surface area contributed by atoms with Crippen LogP contribution in [0.2, 0.25) is 0 Å². The van der Waals surface area contributed by atoms with E-state index in [0.29, 0.717) is 27.2 Å². The molecule has 1 heterocycles. The number of rotatable bonds is 3. The van der Waals surface area contributed by atoms with Crippen molar-refractivity contribution in [3.05, 3.63) is 45.7 Å². The number of nitrogens with zero attached hydrogens (tertiary/aromatic N) is 1. The molecule has 1 aromatic heterocycles. The first-order chi connectivity index (χ1) is 9.40. The van der Waals surface area contributed by atoms with Gasteiger partial charge in [-0.15, -0.1) is 0 Å². The first-order valence-corrected chi connectivity index (χ1v) is 6.67. The van der Waals surface area contributed by atoms with Crippen molar-refractivity contribution in [3.8, 4) is 11.5 Å². The maximum Gasteiger partial charge on any atom is 0.248 e. The molecule has 1 aromatic carbocycles.